The first kappa shape index (κ1) is 12.7. The van der Waals surface area contributed by atoms with Gasteiger partial charge in [0.15, 0.2) is 0 Å². The van der Waals surface area contributed by atoms with Gasteiger partial charge in [-0.25, -0.2) is 0 Å². The molecule has 0 fully saturated rings. The van der Waals surface area contributed by atoms with Gasteiger partial charge < -0.3 is 15.0 Å². The number of aromatic nitrogens is 1. The van der Waals surface area contributed by atoms with Crippen molar-refractivity contribution in [2.24, 2.45) is 5.73 Å². The van der Waals surface area contributed by atoms with Gasteiger partial charge in [0, 0.05) is 23.5 Å². The minimum absolute atomic E-state index is 0.0378. The Hall–Kier alpha value is -1.74. The van der Waals surface area contributed by atoms with E-state index in [0.717, 1.165) is 18.0 Å². The molecule has 96 valence electrons. The first-order chi connectivity index (χ1) is 8.61. The van der Waals surface area contributed by atoms with Crippen molar-refractivity contribution in [1.29, 1.82) is 0 Å². The lowest BCUT2D eigenvalue weighted by Crippen LogP contribution is -2.12. The fraction of sp³-hybridized carbons (Fsp3) is 0.333. The quantitative estimate of drug-likeness (QED) is 0.898. The van der Waals surface area contributed by atoms with Crippen LogP contribution in [0.4, 0.5) is 0 Å². The molecule has 2 rings (SSSR count). The Morgan fingerprint density at radius 1 is 1.33 bits per heavy atom. The van der Waals surface area contributed by atoms with E-state index in [1.54, 1.807) is 7.11 Å². The Balaban J connectivity index is 2.33. The van der Waals surface area contributed by atoms with Crippen molar-refractivity contribution >= 4 is 0 Å². The second kappa shape index (κ2) is 5.27. The maximum atomic E-state index is 5.96. The van der Waals surface area contributed by atoms with Crippen LogP contribution in [-0.4, -0.2) is 11.7 Å². The van der Waals surface area contributed by atoms with Gasteiger partial charge in [-0.3, -0.25) is 0 Å². The number of hydrogen-bond acceptors (Lipinski definition) is 2. The second-order valence-corrected chi connectivity index (χ2v) is 4.66. The average Bonchev–Trinajstić information content (AvgIpc) is 2.77. The topological polar surface area (TPSA) is 40.2 Å². The van der Waals surface area contributed by atoms with Crippen LogP contribution in [0.2, 0.25) is 0 Å². The number of benzene rings is 1. The van der Waals surface area contributed by atoms with E-state index < -0.39 is 0 Å². The van der Waals surface area contributed by atoms with Crippen molar-refractivity contribution in [1.82, 2.24) is 4.57 Å². The van der Waals surface area contributed by atoms with E-state index in [2.05, 4.69) is 35.9 Å². The molecule has 0 aliphatic heterocycles. The highest BCUT2D eigenvalue weighted by atomic mass is 16.5. The third kappa shape index (κ3) is 2.57. The van der Waals surface area contributed by atoms with Gasteiger partial charge in [0.1, 0.15) is 5.75 Å². The van der Waals surface area contributed by atoms with Crippen molar-refractivity contribution in [2.75, 3.05) is 7.11 Å². The molecule has 1 aromatic carbocycles. The predicted octanol–water partition coefficient (Wildman–Crippen LogP) is 2.87. The van der Waals surface area contributed by atoms with Crippen LogP contribution in [0, 0.1) is 6.92 Å². The highest BCUT2D eigenvalue weighted by Crippen LogP contribution is 2.22. The maximum Gasteiger partial charge on any atom is 0.123 e. The number of nitrogens with zero attached hydrogens (tertiary/aromatic N) is 1. The molecule has 0 amide bonds. The van der Waals surface area contributed by atoms with E-state index in [-0.39, 0.29) is 6.04 Å². The fourth-order valence-electron chi connectivity index (χ4n) is 2.20. The minimum Gasteiger partial charge on any atom is -0.496 e. The van der Waals surface area contributed by atoms with Crippen molar-refractivity contribution in [3.63, 3.8) is 0 Å². The molecule has 1 heterocycles. The zero-order chi connectivity index (χ0) is 13.1. The van der Waals surface area contributed by atoms with E-state index in [1.807, 2.05) is 19.1 Å². The molecular weight excluding hydrogens is 224 g/mol. The molecule has 2 N–H and O–H groups in total. The van der Waals surface area contributed by atoms with Gasteiger partial charge in [0.25, 0.3) is 0 Å². The zero-order valence-electron chi connectivity index (χ0n) is 11.2. The number of hydrogen-bond donors (Lipinski definition) is 1. The van der Waals surface area contributed by atoms with E-state index in [4.69, 9.17) is 10.5 Å². The van der Waals surface area contributed by atoms with E-state index in [1.165, 1.54) is 11.1 Å². The number of nitrogens with two attached hydrogens (primary N) is 1. The molecule has 3 heteroatoms. The first-order valence-corrected chi connectivity index (χ1v) is 6.16. The van der Waals surface area contributed by atoms with Crippen LogP contribution in [-0.2, 0) is 6.54 Å². The Morgan fingerprint density at radius 2 is 2.11 bits per heavy atom. The highest BCUT2D eigenvalue weighted by Gasteiger charge is 2.09. The zero-order valence-corrected chi connectivity index (χ0v) is 11.2. The highest BCUT2D eigenvalue weighted by molar-refractivity contribution is 5.37. The molecule has 0 spiro atoms. The summed E-state index contributed by atoms with van der Waals surface area (Å²) in [6.07, 6.45) is 2.06. The van der Waals surface area contributed by atoms with Crippen molar-refractivity contribution in [3.8, 4) is 5.75 Å². The molecular formula is C15H20N2O. The van der Waals surface area contributed by atoms with Gasteiger partial charge in [-0.05, 0) is 32.0 Å². The lowest BCUT2D eigenvalue weighted by atomic mass is 10.1. The van der Waals surface area contributed by atoms with Gasteiger partial charge in [-0.15, -0.1) is 0 Å². The number of aryl methyl sites for hydroxylation is 1. The van der Waals surface area contributed by atoms with Crippen LogP contribution in [0.25, 0.3) is 0 Å². The van der Waals surface area contributed by atoms with E-state index >= 15 is 0 Å². The first-order valence-electron chi connectivity index (χ1n) is 6.16. The summed E-state index contributed by atoms with van der Waals surface area (Å²) in [5, 5.41) is 0. The maximum absolute atomic E-state index is 5.96. The van der Waals surface area contributed by atoms with E-state index in [9.17, 15) is 0 Å². The molecule has 1 atom stereocenters. The SMILES string of the molecule is COc1ccc(C)cc1Cn1cccc1C(C)N. The van der Waals surface area contributed by atoms with Gasteiger partial charge in [-0.1, -0.05) is 17.7 Å². The van der Waals surface area contributed by atoms with Gasteiger partial charge in [0.2, 0.25) is 0 Å². The standard InChI is InChI=1S/C15H20N2O/c1-11-6-7-15(18-3)13(9-11)10-17-8-4-5-14(17)12(2)16/h4-9,12H,10,16H2,1-3H3. The van der Waals surface area contributed by atoms with Crippen LogP contribution in [0.15, 0.2) is 36.5 Å². The molecule has 0 bridgehead atoms. The summed E-state index contributed by atoms with van der Waals surface area (Å²) in [4.78, 5) is 0. The summed E-state index contributed by atoms with van der Waals surface area (Å²) in [5.41, 5.74) is 9.51. The van der Waals surface area contributed by atoms with Crippen molar-refractivity contribution in [3.05, 3.63) is 53.3 Å². The summed E-state index contributed by atoms with van der Waals surface area (Å²) >= 11 is 0. The smallest absolute Gasteiger partial charge is 0.123 e. The molecule has 2 aromatic rings. The molecule has 0 saturated carbocycles. The van der Waals surface area contributed by atoms with Gasteiger partial charge in [0.05, 0.1) is 13.7 Å². The second-order valence-electron chi connectivity index (χ2n) is 4.66. The Labute approximate surface area is 108 Å². The third-order valence-corrected chi connectivity index (χ3v) is 3.11. The molecule has 0 saturated heterocycles. The van der Waals surface area contributed by atoms with Gasteiger partial charge >= 0.3 is 0 Å². The van der Waals surface area contributed by atoms with Crippen molar-refractivity contribution in [2.45, 2.75) is 26.4 Å². The summed E-state index contributed by atoms with van der Waals surface area (Å²) in [5.74, 6) is 0.921. The Kier molecular flexibility index (Phi) is 3.72. The van der Waals surface area contributed by atoms with Crippen molar-refractivity contribution < 1.29 is 4.74 Å². The summed E-state index contributed by atoms with van der Waals surface area (Å²) in [7, 11) is 1.70. The van der Waals surface area contributed by atoms with Crippen LogP contribution < -0.4 is 10.5 Å². The van der Waals surface area contributed by atoms with Gasteiger partial charge in [-0.2, -0.15) is 0 Å². The summed E-state index contributed by atoms with van der Waals surface area (Å²) < 4.78 is 7.57. The third-order valence-electron chi connectivity index (χ3n) is 3.11. The van der Waals surface area contributed by atoms with Crippen LogP contribution in [0.1, 0.15) is 29.8 Å². The molecule has 0 radical (unpaired) electrons. The lowest BCUT2D eigenvalue weighted by Gasteiger charge is -2.14. The molecule has 3 nitrogen and oxygen atoms in total. The molecule has 18 heavy (non-hydrogen) atoms. The minimum atomic E-state index is 0.0378. The normalized spacial score (nSPS) is 12.4. The largest absolute Gasteiger partial charge is 0.496 e. The van der Waals surface area contributed by atoms with Crippen LogP contribution in [0.5, 0.6) is 5.75 Å². The molecule has 1 aromatic heterocycles. The lowest BCUT2D eigenvalue weighted by molar-refractivity contribution is 0.408. The Bertz CT molecular complexity index is 529. The number of ether oxygens (including phenoxy) is 1. The monoisotopic (exact) mass is 244 g/mol. The number of methoxy groups -OCH3 is 1. The fourth-order valence-corrected chi connectivity index (χ4v) is 2.20. The molecule has 0 aliphatic carbocycles. The molecule has 1 unspecified atom stereocenters. The average molecular weight is 244 g/mol. The Morgan fingerprint density at radius 3 is 2.78 bits per heavy atom. The summed E-state index contributed by atoms with van der Waals surface area (Å²) in [6, 6.07) is 10.4. The van der Waals surface area contributed by atoms with Crippen LogP contribution in [0.3, 0.4) is 0 Å². The predicted molar refractivity (Wildman–Crippen MR) is 73.9 cm³/mol. The summed E-state index contributed by atoms with van der Waals surface area (Å²) in [6.45, 7) is 4.87. The van der Waals surface area contributed by atoms with E-state index in [0.29, 0.717) is 0 Å². The molecule has 0 aliphatic rings. The number of rotatable bonds is 4. The van der Waals surface area contributed by atoms with Crippen LogP contribution >= 0.6 is 0 Å².